The summed E-state index contributed by atoms with van der Waals surface area (Å²) in [6, 6.07) is 6.48. The second-order valence-electron chi connectivity index (χ2n) is 4.12. The number of benzene rings is 1. The quantitative estimate of drug-likeness (QED) is 0.682. The molecule has 4 N–H and O–H groups in total. The van der Waals surface area contributed by atoms with Gasteiger partial charge in [-0.2, -0.15) is 0 Å². The average Bonchev–Trinajstić information content (AvgIpc) is 2.31. The summed E-state index contributed by atoms with van der Waals surface area (Å²) in [6.07, 6.45) is 1.73. The molecular weight excluding hydrogens is 248 g/mol. The summed E-state index contributed by atoms with van der Waals surface area (Å²) in [5, 5.41) is 12.4. The van der Waals surface area contributed by atoms with E-state index in [1.807, 2.05) is 6.92 Å². The first-order valence-electron chi connectivity index (χ1n) is 5.90. The van der Waals surface area contributed by atoms with E-state index >= 15 is 0 Å². The Hall–Kier alpha value is -1.62. The molecule has 0 radical (unpaired) electrons. The summed E-state index contributed by atoms with van der Waals surface area (Å²) in [5.74, 6) is -0.0715. The Labute approximate surface area is 112 Å². The van der Waals surface area contributed by atoms with Crippen molar-refractivity contribution >= 4 is 23.1 Å². The van der Waals surface area contributed by atoms with Gasteiger partial charge in [-0.3, -0.25) is 4.79 Å². The van der Waals surface area contributed by atoms with Crippen LogP contribution in [0.5, 0.6) is 5.75 Å². The van der Waals surface area contributed by atoms with Crippen LogP contribution in [0.4, 0.5) is 0 Å². The van der Waals surface area contributed by atoms with Gasteiger partial charge in [-0.25, -0.2) is 0 Å². The van der Waals surface area contributed by atoms with Crippen molar-refractivity contribution in [2.75, 3.05) is 0 Å². The topological polar surface area (TPSA) is 75.3 Å². The third-order valence-electron chi connectivity index (χ3n) is 2.60. The number of para-hydroxylation sites is 1. The van der Waals surface area contributed by atoms with E-state index in [-0.39, 0.29) is 24.1 Å². The maximum atomic E-state index is 11.8. The van der Waals surface area contributed by atoms with E-state index in [1.54, 1.807) is 24.3 Å². The number of carbonyl (C=O) groups excluding carboxylic acids is 1. The normalized spacial score (nSPS) is 11.8. The molecule has 1 atom stereocenters. The van der Waals surface area contributed by atoms with Gasteiger partial charge in [-0.1, -0.05) is 43.8 Å². The van der Waals surface area contributed by atoms with E-state index in [9.17, 15) is 9.90 Å². The number of hydrogen-bond acceptors (Lipinski definition) is 3. The predicted molar refractivity (Wildman–Crippen MR) is 75.4 cm³/mol. The Balaban J connectivity index is 2.61. The van der Waals surface area contributed by atoms with Crippen LogP contribution in [0.2, 0.25) is 0 Å². The molecule has 98 valence electrons. The van der Waals surface area contributed by atoms with Crippen molar-refractivity contribution < 1.29 is 9.90 Å². The summed E-state index contributed by atoms with van der Waals surface area (Å²) < 4.78 is 0. The number of phenols is 1. The lowest BCUT2D eigenvalue weighted by Gasteiger charge is -2.16. The van der Waals surface area contributed by atoms with Crippen molar-refractivity contribution in [2.45, 2.75) is 32.2 Å². The Morgan fingerprint density at radius 3 is 2.72 bits per heavy atom. The van der Waals surface area contributed by atoms with E-state index in [0.29, 0.717) is 10.6 Å². The minimum absolute atomic E-state index is 0.120. The standard InChI is InChI=1S/C13H18N2O2S/c1-2-5-10(13(14)18)15-12(17)8-9-6-3-4-7-11(9)16/h3-4,6-7,10,16H,2,5,8H2,1H3,(H2,14,18)(H,15,17). The molecular formula is C13H18N2O2S. The van der Waals surface area contributed by atoms with Crippen molar-refractivity contribution in [1.29, 1.82) is 0 Å². The zero-order valence-corrected chi connectivity index (χ0v) is 11.2. The van der Waals surface area contributed by atoms with Gasteiger partial charge in [0.2, 0.25) is 5.91 Å². The number of nitrogens with two attached hydrogens (primary N) is 1. The van der Waals surface area contributed by atoms with E-state index < -0.39 is 0 Å². The van der Waals surface area contributed by atoms with Crippen LogP contribution in [-0.4, -0.2) is 22.0 Å². The molecule has 1 amide bonds. The fourth-order valence-corrected chi connectivity index (χ4v) is 1.83. The molecule has 4 nitrogen and oxygen atoms in total. The monoisotopic (exact) mass is 266 g/mol. The minimum Gasteiger partial charge on any atom is -0.508 e. The summed E-state index contributed by atoms with van der Waals surface area (Å²) in [5.41, 5.74) is 6.15. The van der Waals surface area contributed by atoms with E-state index in [0.717, 1.165) is 12.8 Å². The highest BCUT2D eigenvalue weighted by Gasteiger charge is 2.15. The number of phenolic OH excluding ortho intramolecular Hbond substituents is 1. The predicted octanol–water partition coefficient (Wildman–Crippen LogP) is 1.51. The van der Waals surface area contributed by atoms with Gasteiger partial charge in [0.1, 0.15) is 5.75 Å². The van der Waals surface area contributed by atoms with Crippen LogP contribution in [0, 0.1) is 0 Å². The van der Waals surface area contributed by atoms with Crippen LogP contribution in [-0.2, 0) is 11.2 Å². The number of thiocarbonyl (C=S) groups is 1. The fourth-order valence-electron chi connectivity index (χ4n) is 1.65. The first kappa shape index (κ1) is 14.4. The summed E-state index contributed by atoms with van der Waals surface area (Å²) in [6.45, 7) is 2.00. The van der Waals surface area contributed by atoms with Crippen LogP contribution in [0.25, 0.3) is 0 Å². The first-order valence-corrected chi connectivity index (χ1v) is 6.31. The second-order valence-corrected chi connectivity index (χ2v) is 4.59. The zero-order valence-electron chi connectivity index (χ0n) is 10.3. The molecule has 1 rings (SSSR count). The van der Waals surface area contributed by atoms with Gasteiger partial charge in [-0.05, 0) is 12.5 Å². The average molecular weight is 266 g/mol. The molecule has 1 aromatic rings. The van der Waals surface area contributed by atoms with Gasteiger partial charge in [0.25, 0.3) is 0 Å². The molecule has 1 unspecified atom stereocenters. The van der Waals surface area contributed by atoms with E-state index in [2.05, 4.69) is 5.32 Å². The molecule has 0 aromatic heterocycles. The highest BCUT2D eigenvalue weighted by molar-refractivity contribution is 7.80. The first-order chi connectivity index (χ1) is 8.54. The van der Waals surface area contributed by atoms with Crippen LogP contribution in [0.15, 0.2) is 24.3 Å². The van der Waals surface area contributed by atoms with Crippen molar-refractivity contribution in [2.24, 2.45) is 5.73 Å². The Kier molecular flexibility index (Phi) is 5.58. The summed E-state index contributed by atoms with van der Waals surface area (Å²) in [7, 11) is 0. The van der Waals surface area contributed by atoms with Gasteiger partial charge < -0.3 is 16.2 Å². The Morgan fingerprint density at radius 1 is 1.50 bits per heavy atom. The third kappa shape index (κ3) is 4.33. The lowest BCUT2D eigenvalue weighted by Crippen LogP contribution is -2.43. The van der Waals surface area contributed by atoms with Crippen LogP contribution in [0.3, 0.4) is 0 Å². The maximum Gasteiger partial charge on any atom is 0.225 e. The van der Waals surface area contributed by atoms with Crippen molar-refractivity contribution in [1.82, 2.24) is 5.32 Å². The summed E-state index contributed by atoms with van der Waals surface area (Å²) >= 11 is 4.90. The van der Waals surface area contributed by atoms with Crippen LogP contribution in [0.1, 0.15) is 25.3 Å². The molecule has 5 heteroatoms. The van der Waals surface area contributed by atoms with Crippen LogP contribution >= 0.6 is 12.2 Å². The van der Waals surface area contributed by atoms with Gasteiger partial charge >= 0.3 is 0 Å². The Bertz CT molecular complexity index is 435. The molecule has 18 heavy (non-hydrogen) atoms. The SMILES string of the molecule is CCCC(NC(=O)Cc1ccccc1O)C(N)=S. The van der Waals surface area contributed by atoms with Crippen LogP contribution < -0.4 is 11.1 Å². The lowest BCUT2D eigenvalue weighted by atomic mass is 10.1. The van der Waals surface area contributed by atoms with Gasteiger partial charge in [0.05, 0.1) is 17.5 Å². The number of hydrogen-bond donors (Lipinski definition) is 3. The molecule has 0 fully saturated rings. The smallest absolute Gasteiger partial charge is 0.225 e. The zero-order chi connectivity index (χ0) is 13.5. The number of aromatic hydroxyl groups is 1. The van der Waals surface area contributed by atoms with Gasteiger partial charge in [-0.15, -0.1) is 0 Å². The molecule has 0 heterocycles. The molecule has 0 aliphatic rings. The van der Waals surface area contributed by atoms with Crippen molar-refractivity contribution in [3.8, 4) is 5.75 Å². The molecule has 0 saturated heterocycles. The van der Waals surface area contributed by atoms with Crippen molar-refractivity contribution in [3.05, 3.63) is 29.8 Å². The fraction of sp³-hybridized carbons (Fsp3) is 0.385. The van der Waals surface area contributed by atoms with Gasteiger partial charge in [0, 0.05) is 5.56 Å². The number of carbonyl (C=O) groups is 1. The molecule has 0 saturated carbocycles. The van der Waals surface area contributed by atoms with E-state index in [4.69, 9.17) is 18.0 Å². The molecule has 1 aromatic carbocycles. The lowest BCUT2D eigenvalue weighted by molar-refractivity contribution is -0.120. The molecule has 0 aliphatic carbocycles. The number of rotatable bonds is 6. The van der Waals surface area contributed by atoms with E-state index in [1.165, 1.54) is 0 Å². The Morgan fingerprint density at radius 2 is 2.17 bits per heavy atom. The summed E-state index contributed by atoms with van der Waals surface area (Å²) in [4.78, 5) is 12.1. The molecule has 0 spiro atoms. The minimum atomic E-state index is -0.275. The molecule has 0 aliphatic heterocycles. The third-order valence-corrected chi connectivity index (χ3v) is 2.88. The largest absolute Gasteiger partial charge is 0.508 e. The highest BCUT2D eigenvalue weighted by Crippen LogP contribution is 2.16. The van der Waals surface area contributed by atoms with Gasteiger partial charge in [0.15, 0.2) is 0 Å². The van der Waals surface area contributed by atoms with Crippen molar-refractivity contribution in [3.63, 3.8) is 0 Å². The number of nitrogens with one attached hydrogen (secondary N) is 1. The number of amides is 1. The molecule has 0 bridgehead atoms. The second kappa shape index (κ2) is 6.96. The highest BCUT2D eigenvalue weighted by atomic mass is 32.1. The maximum absolute atomic E-state index is 11.8.